The van der Waals surface area contributed by atoms with Gasteiger partial charge in [0, 0.05) is 17.0 Å². The van der Waals surface area contributed by atoms with Gasteiger partial charge in [0.25, 0.3) is 11.8 Å². The van der Waals surface area contributed by atoms with Crippen LogP contribution in [0.25, 0.3) is 0 Å². The minimum absolute atomic E-state index is 0.0261. The lowest BCUT2D eigenvalue weighted by Crippen LogP contribution is -2.35. The van der Waals surface area contributed by atoms with Crippen LogP contribution in [0.4, 0.5) is 5.69 Å². The molecule has 0 aromatic heterocycles. The number of nitrogens with zero attached hydrogens (tertiary/aromatic N) is 1. The van der Waals surface area contributed by atoms with E-state index in [4.69, 9.17) is 16.6 Å². The standard InChI is InChI=1S/C12H12I3N3O4/c1-4(20)18(2-3-19)10-8(14)5(11(16)21)7(13)6(9(10)15)12(17)22/h19H,2-3H2,1H3,(H2,16,21)(H2,17,22). The van der Waals surface area contributed by atoms with Crippen LogP contribution < -0.4 is 16.4 Å². The Morgan fingerprint density at radius 2 is 1.41 bits per heavy atom. The van der Waals surface area contributed by atoms with Gasteiger partial charge in [-0.3, -0.25) is 14.4 Å². The summed E-state index contributed by atoms with van der Waals surface area (Å²) in [6.07, 6.45) is 0. The van der Waals surface area contributed by atoms with Crippen LogP contribution in [0.5, 0.6) is 0 Å². The Kier molecular flexibility index (Phi) is 7.25. The fourth-order valence-electron chi connectivity index (χ4n) is 1.85. The van der Waals surface area contributed by atoms with Crippen LogP contribution >= 0.6 is 67.8 Å². The molecule has 0 saturated heterocycles. The van der Waals surface area contributed by atoms with E-state index in [9.17, 15) is 14.4 Å². The number of primary amides is 2. The third-order valence-electron chi connectivity index (χ3n) is 2.76. The van der Waals surface area contributed by atoms with Crippen LogP contribution in [0.15, 0.2) is 0 Å². The van der Waals surface area contributed by atoms with Crippen LogP contribution in [0.2, 0.25) is 0 Å². The van der Waals surface area contributed by atoms with Crippen molar-refractivity contribution >= 4 is 91.2 Å². The molecular weight excluding hydrogens is 631 g/mol. The normalized spacial score (nSPS) is 10.4. The molecule has 3 amide bonds. The molecule has 0 aliphatic rings. The molecule has 1 aromatic carbocycles. The van der Waals surface area contributed by atoms with Crippen LogP contribution in [-0.2, 0) is 4.79 Å². The number of hydrogen-bond donors (Lipinski definition) is 3. The second kappa shape index (κ2) is 8.05. The summed E-state index contributed by atoms with van der Waals surface area (Å²) in [4.78, 5) is 36.6. The summed E-state index contributed by atoms with van der Waals surface area (Å²) in [5, 5.41) is 9.16. The van der Waals surface area contributed by atoms with Gasteiger partial charge >= 0.3 is 0 Å². The van der Waals surface area contributed by atoms with E-state index < -0.39 is 11.8 Å². The maximum absolute atomic E-state index is 11.9. The minimum Gasteiger partial charge on any atom is -0.395 e. The van der Waals surface area contributed by atoms with Gasteiger partial charge in [0.15, 0.2) is 0 Å². The van der Waals surface area contributed by atoms with Gasteiger partial charge in [-0.25, -0.2) is 0 Å². The molecule has 0 spiro atoms. The molecule has 0 fully saturated rings. The summed E-state index contributed by atoms with van der Waals surface area (Å²) >= 11 is 5.63. The lowest BCUT2D eigenvalue weighted by Gasteiger charge is -2.26. The Bertz CT molecular complexity index is 623. The predicted molar refractivity (Wildman–Crippen MR) is 107 cm³/mol. The Labute approximate surface area is 167 Å². The molecule has 7 nitrogen and oxygen atoms in total. The number of carbonyl (C=O) groups excluding carboxylic acids is 3. The van der Waals surface area contributed by atoms with Crippen molar-refractivity contribution in [2.45, 2.75) is 6.92 Å². The molecule has 10 heteroatoms. The van der Waals surface area contributed by atoms with Crippen LogP contribution in [-0.4, -0.2) is 36.0 Å². The largest absolute Gasteiger partial charge is 0.395 e. The molecule has 0 heterocycles. The molecule has 0 unspecified atom stereocenters. The fraction of sp³-hybridized carbons (Fsp3) is 0.250. The number of halogens is 3. The van der Waals surface area contributed by atoms with Crippen molar-refractivity contribution in [2.75, 3.05) is 18.1 Å². The van der Waals surface area contributed by atoms with E-state index in [1.165, 1.54) is 11.8 Å². The van der Waals surface area contributed by atoms with E-state index >= 15 is 0 Å². The quantitative estimate of drug-likeness (QED) is 0.415. The number of carbonyl (C=O) groups is 3. The van der Waals surface area contributed by atoms with Crippen LogP contribution in [0.3, 0.4) is 0 Å². The highest BCUT2D eigenvalue weighted by molar-refractivity contribution is 14.1. The second-order valence-corrected chi connectivity index (χ2v) is 7.40. The predicted octanol–water partition coefficient (Wildman–Crippen LogP) is 1.04. The van der Waals surface area contributed by atoms with Gasteiger partial charge in [-0.2, -0.15) is 0 Å². The first-order valence-corrected chi connectivity index (χ1v) is 9.07. The molecule has 0 saturated carbocycles. The highest BCUT2D eigenvalue weighted by atomic mass is 127. The topological polar surface area (TPSA) is 127 Å². The van der Waals surface area contributed by atoms with Crippen molar-refractivity contribution in [3.05, 3.63) is 21.8 Å². The number of aliphatic hydroxyl groups is 1. The molecule has 0 radical (unpaired) electrons. The number of nitrogens with two attached hydrogens (primary N) is 2. The van der Waals surface area contributed by atoms with Crippen molar-refractivity contribution in [3.63, 3.8) is 0 Å². The van der Waals surface area contributed by atoms with Crippen molar-refractivity contribution in [3.8, 4) is 0 Å². The molecule has 0 aliphatic carbocycles. The van der Waals surface area contributed by atoms with Gasteiger partial charge in [-0.05, 0) is 67.8 Å². The molecule has 5 N–H and O–H groups in total. The molecular formula is C12H12I3N3O4. The highest BCUT2D eigenvalue weighted by Crippen LogP contribution is 2.37. The van der Waals surface area contributed by atoms with Gasteiger partial charge in [0.2, 0.25) is 5.91 Å². The SMILES string of the molecule is CC(=O)N(CCO)c1c(I)c(C(N)=O)c(I)c(C(N)=O)c1I. The lowest BCUT2D eigenvalue weighted by molar-refractivity contribution is -0.116. The fourth-order valence-corrected chi connectivity index (χ4v) is 6.66. The van der Waals surface area contributed by atoms with E-state index in [0.29, 0.717) is 16.4 Å². The summed E-state index contributed by atoms with van der Waals surface area (Å²) in [6, 6.07) is 0. The zero-order valence-corrected chi connectivity index (χ0v) is 17.8. The van der Waals surface area contributed by atoms with E-state index in [0.717, 1.165) is 0 Å². The Morgan fingerprint density at radius 3 is 1.68 bits per heavy atom. The number of hydrogen-bond acceptors (Lipinski definition) is 4. The first kappa shape index (κ1) is 19.8. The van der Waals surface area contributed by atoms with Gasteiger partial charge in [0.1, 0.15) is 0 Å². The zero-order chi connectivity index (χ0) is 17.2. The Hall–Kier alpha value is -0.220. The summed E-state index contributed by atoms with van der Waals surface area (Å²) < 4.78 is 1.22. The average Bonchev–Trinajstić information content (AvgIpc) is 2.36. The first-order chi connectivity index (χ1) is 10.1. The maximum atomic E-state index is 11.9. The molecule has 1 rings (SSSR count). The van der Waals surface area contributed by atoms with Crippen molar-refractivity contribution in [1.82, 2.24) is 0 Å². The third kappa shape index (κ3) is 3.81. The van der Waals surface area contributed by atoms with Crippen molar-refractivity contribution in [1.29, 1.82) is 0 Å². The van der Waals surface area contributed by atoms with Gasteiger partial charge in [-0.15, -0.1) is 0 Å². The van der Waals surface area contributed by atoms with E-state index in [-0.39, 0.29) is 30.2 Å². The van der Waals surface area contributed by atoms with E-state index in [2.05, 4.69) is 0 Å². The molecule has 0 bridgehead atoms. The number of rotatable bonds is 5. The van der Waals surface area contributed by atoms with E-state index in [1.807, 2.05) is 67.8 Å². The zero-order valence-electron chi connectivity index (χ0n) is 11.3. The summed E-state index contributed by atoms with van der Waals surface area (Å²) in [6.45, 7) is 1.08. The number of anilines is 1. The Balaban J connectivity index is 3.88. The van der Waals surface area contributed by atoms with E-state index in [1.54, 1.807) is 0 Å². The molecule has 0 atom stereocenters. The molecule has 1 aromatic rings. The number of amides is 3. The minimum atomic E-state index is -0.721. The number of benzene rings is 1. The van der Waals surface area contributed by atoms with Crippen LogP contribution in [0, 0.1) is 10.7 Å². The monoisotopic (exact) mass is 643 g/mol. The summed E-state index contributed by atoms with van der Waals surface area (Å²) in [7, 11) is 0. The molecule has 120 valence electrons. The van der Waals surface area contributed by atoms with Gasteiger partial charge in [-0.1, -0.05) is 0 Å². The van der Waals surface area contributed by atoms with Crippen LogP contribution in [0.1, 0.15) is 27.6 Å². The summed E-state index contributed by atoms with van der Waals surface area (Å²) in [5.74, 6) is -1.78. The number of aliphatic hydroxyl groups excluding tert-OH is 1. The smallest absolute Gasteiger partial charge is 0.250 e. The van der Waals surface area contributed by atoms with Gasteiger partial charge < -0.3 is 21.5 Å². The average molecular weight is 643 g/mol. The molecule has 0 aliphatic heterocycles. The first-order valence-electron chi connectivity index (χ1n) is 5.84. The maximum Gasteiger partial charge on any atom is 0.250 e. The Morgan fingerprint density at radius 1 is 1.00 bits per heavy atom. The molecule has 22 heavy (non-hydrogen) atoms. The van der Waals surface area contributed by atoms with Crippen molar-refractivity contribution < 1.29 is 19.5 Å². The highest BCUT2D eigenvalue weighted by Gasteiger charge is 2.29. The van der Waals surface area contributed by atoms with Gasteiger partial charge in [0.05, 0.1) is 30.6 Å². The lowest BCUT2D eigenvalue weighted by atomic mass is 10.1. The second-order valence-electron chi connectivity index (χ2n) is 4.16. The van der Waals surface area contributed by atoms with Crippen molar-refractivity contribution in [2.24, 2.45) is 11.5 Å². The third-order valence-corrected chi connectivity index (χ3v) is 5.94. The summed E-state index contributed by atoms with van der Waals surface area (Å²) in [5.41, 5.74) is 11.4.